The molecular weight excluding hydrogens is 328 g/mol. The maximum Gasteiger partial charge on any atom is 0.335 e. The summed E-state index contributed by atoms with van der Waals surface area (Å²) in [4.78, 5) is 26.1. The Labute approximate surface area is 156 Å². The molecule has 1 N–H and O–H groups in total. The highest BCUT2D eigenvalue weighted by Crippen LogP contribution is 2.11. The second kappa shape index (κ2) is 11.5. The molecule has 0 bridgehead atoms. The average molecular weight is 358 g/mol. The summed E-state index contributed by atoms with van der Waals surface area (Å²) in [6.07, 6.45) is 6.69. The molecule has 0 aromatic heterocycles. The van der Waals surface area contributed by atoms with Crippen LogP contribution in [0.2, 0.25) is 0 Å². The third-order valence-electron chi connectivity index (χ3n) is 4.45. The van der Waals surface area contributed by atoms with Crippen molar-refractivity contribution in [2.24, 2.45) is 0 Å². The molecule has 5 nitrogen and oxygen atoms in total. The summed E-state index contributed by atoms with van der Waals surface area (Å²) >= 11 is 0. The molecule has 1 aliphatic rings. The summed E-state index contributed by atoms with van der Waals surface area (Å²) in [6, 6.07) is 9.76. The van der Waals surface area contributed by atoms with Crippen LogP contribution in [0.5, 0.6) is 0 Å². The summed E-state index contributed by atoms with van der Waals surface area (Å²) in [5.74, 6) is -0.00904. The van der Waals surface area contributed by atoms with Gasteiger partial charge in [-0.25, -0.2) is 4.79 Å². The molecule has 0 unspecified atom stereocenters. The van der Waals surface area contributed by atoms with E-state index >= 15 is 0 Å². The minimum absolute atomic E-state index is 0.277. The number of carbonyl (C=O) groups is 2. The molecule has 1 heterocycles. The third kappa shape index (κ3) is 7.00. The molecule has 2 rings (SSSR count). The van der Waals surface area contributed by atoms with E-state index < -0.39 is 0 Å². The number of likely N-dealkylation sites (tertiary alicyclic amines) is 1. The highest BCUT2D eigenvalue weighted by atomic mass is 16.5. The summed E-state index contributed by atoms with van der Waals surface area (Å²) in [5, 5.41) is 3.31. The number of esters is 1. The van der Waals surface area contributed by atoms with Crippen molar-refractivity contribution in [2.45, 2.75) is 39.0 Å². The van der Waals surface area contributed by atoms with E-state index in [-0.39, 0.29) is 11.9 Å². The van der Waals surface area contributed by atoms with Crippen molar-refractivity contribution in [1.29, 1.82) is 0 Å². The Balaban J connectivity index is 1.80. The van der Waals surface area contributed by atoms with Gasteiger partial charge in [-0.15, -0.1) is 0 Å². The number of amides is 1. The summed E-state index contributed by atoms with van der Waals surface area (Å²) in [5.41, 5.74) is 1.59. The van der Waals surface area contributed by atoms with Crippen molar-refractivity contribution in [1.82, 2.24) is 10.2 Å². The van der Waals surface area contributed by atoms with E-state index in [0.717, 1.165) is 50.9 Å². The highest BCUT2D eigenvalue weighted by molar-refractivity contribution is 5.94. The lowest BCUT2D eigenvalue weighted by Gasteiger charge is -2.20. The molecule has 1 fully saturated rings. The molecule has 0 aliphatic carbocycles. The zero-order valence-corrected chi connectivity index (χ0v) is 15.7. The standard InChI is InChI=1S/C21H30N2O3/c1-2-26-21(25)19(16-18-10-5-3-6-11-18)17-22-13-9-15-23-14-8-4-7-12-20(23)24/h3,5-6,10-11,16,22H,2,4,7-9,12-15,17H2,1H3/b19-16+. The largest absolute Gasteiger partial charge is 0.463 e. The molecule has 0 saturated carbocycles. The molecule has 0 atom stereocenters. The van der Waals surface area contributed by atoms with Crippen LogP contribution in [0.25, 0.3) is 6.08 Å². The molecule has 0 radical (unpaired) electrons. The zero-order chi connectivity index (χ0) is 18.6. The molecule has 0 spiro atoms. The van der Waals surface area contributed by atoms with E-state index in [2.05, 4.69) is 5.32 Å². The number of benzene rings is 1. The van der Waals surface area contributed by atoms with Crippen molar-refractivity contribution in [2.75, 3.05) is 32.8 Å². The van der Waals surface area contributed by atoms with Crippen LogP contribution in [-0.4, -0.2) is 49.6 Å². The van der Waals surface area contributed by atoms with Gasteiger partial charge in [-0.2, -0.15) is 0 Å². The van der Waals surface area contributed by atoms with Crippen molar-refractivity contribution in [3.05, 3.63) is 41.5 Å². The van der Waals surface area contributed by atoms with E-state index in [4.69, 9.17) is 4.74 Å². The van der Waals surface area contributed by atoms with E-state index in [1.807, 2.05) is 48.2 Å². The first kappa shape index (κ1) is 20.2. The van der Waals surface area contributed by atoms with E-state index in [1.54, 1.807) is 0 Å². The summed E-state index contributed by atoms with van der Waals surface area (Å²) in [7, 11) is 0. The zero-order valence-electron chi connectivity index (χ0n) is 15.7. The Morgan fingerprint density at radius 1 is 1.23 bits per heavy atom. The van der Waals surface area contributed by atoms with E-state index in [1.165, 1.54) is 0 Å². The van der Waals surface area contributed by atoms with Crippen molar-refractivity contribution in [3.63, 3.8) is 0 Å². The number of rotatable bonds is 9. The fourth-order valence-corrected chi connectivity index (χ4v) is 3.05. The highest BCUT2D eigenvalue weighted by Gasteiger charge is 2.16. The Bertz CT molecular complexity index is 599. The van der Waals surface area contributed by atoms with Gasteiger partial charge in [-0.05, 0) is 44.4 Å². The fraction of sp³-hybridized carbons (Fsp3) is 0.524. The minimum atomic E-state index is -0.286. The second-order valence-electron chi connectivity index (χ2n) is 6.52. The Hall–Kier alpha value is -2.14. The predicted octanol–water partition coefficient (Wildman–Crippen LogP) is 3.02. The van der Waals surface area contributed by atoms with Crippen LogP contribution in [0.15, 0.2) is 35.9 Å². The normalized spacial score (nSPS) is 15.7. The van der Waals surface area contributed by atoms with Crippen LogP contribution in [0.3, 0.4) is 0 Å². The Morgan fingerprint density at radius 3 is 2.81 bits per heavy atom. The van der Waals surface area contributed by atoms with Gasteiger partial charge >= 0.3 is 5.97 Å². The topological polar surface area (TPSA) is 58.6 Å². The van der Waals surface area contributed by atoms with E-state index in [0.29, 0.717) is 25.1 Å². The van der Waals surface area contributed by atoms with E-state index in [9.17, 15) is 9.59 Å². The van der Waals surface area contributed by atoms with Gasteiger partial charge in [0, 0.05) is 26.1 Å². The first-order valence-electron chi connectivity index (χ1n) is 9.62. The quantitative estimate of drug-likeness (QED) is 0.419. The number of nitrogens with zero attached hydrogens (tertiary/aromatic N) is 1. The summed E-state index contributed by atoms with van der Waals surface area (Å²) < 4.78 is 5.16. The Morgan fingerprint density at radius 2 is 2.04 bits per heavy atom. The van der Waals surface area contributed by atoms with Gasteiger partial charge in [0.2, 0.25) is 5.91 Å². The van der Waals surface area contributed by atoms with Crippen LogP contribution in [-0.2, 0) is 14.3 Å². The Kier molecular flexibility index (Phi) is 8.90. The smallest absolute Gasteiger partial charge is 0.335 e. The number of hydrogen-bond donors (Lipinski definition) is 1. The number of ether oxygens (including phenoxy) is 1. The molecular formula is C21H30N2O3. The fourth-order valence-electron chi connectivity index (χ4n) is 3.05. The first-order valence-corrected chi connectivity index (χ1v) is 9.62. The van der Waals surface area contributed by atoms with Gasteiger partial charge in [0.05, 0.1) is 12.2 Å². The second-order valence-corrected chi connectivity index (χ2v) is 6.52. The predicted molar refractivity (Wildman–Crippen MR) is 104 cm³/mol. The van der Waals surface area contributed by atoms with Gasteiger partial charge in [-0.3, -0.25) is 4.79 Å². The molecule has 1 aromatic rings. The lowest BCUT2D eigenvalue weighted by molar-refractivity contribution is -0.138. The van der Waals surface area contributed by atoms with Crippen molar-refractivity contribution < 1.29 is 14.3 Å². The van der Waals surface area contributed by atoms with Gasteiger partial charge in [0.15, 0.2) is 0 Å². The van der Waals surface area contributed by atoms with Crippen LogP contribution in [0, 0.1) is 0 Å². The number of hydrogen-bond acceptors (Lipinski definition) is 4. The van der Waals surface area contributed by atoms with Crippen LogP contribution in [0.1, 0.15) is 44.6 Å². The molecule has 1 saturated heterocycles. The molecule has 1 aromatic carbocycles. The van der Waals surface area contributed by atoms with Gasteiger partial charge < -0.3 is 15.0 Å². The number of carbonyl (C=O) groups excluding carboxylic acids is 2. The minimum Gasteiger partial charge on any atom is -0.463 e. The maximum atomic E-state index is 12.2. The SMILES string of the molecule is CCOC(=O)/C(=C/c1ccccc1)CNCCCN1CCCCCC1=O. The van der Waals surface area contributed by atoms with Crippen molar-refractivity contribution >= 4 is 18.0 Å². The number of nitrogens with one attached hydrogen (secondary N) is 1. The molecule has 142 valence electrons. The van der Waals surface area contributed by atoms with Gasteiger partial charge in [0.25, 0.3) is 0 Å². The average Bonchev–Trinajstić information content (AvgIpc) is 2.86. The molecule has 1 aliphatic heterocycles. The molecule has 1 amide bonds. The first-order chi connectivity index (χ1) is 12.7. The lowest BCUT2D eigenvalue weighted by Crippen LogP contribution is -2.33. The van der Waals surface area contributed by atoms with Crippen molar-refractivity contribution in [3.8, 4) is 0 Å². The van der Waals surface area contributed by atoms with Crippen LogP contribution < -0.4 is 5.32 Å². The molecule has 5 heteroatoms. The maximum absolute atomic E-state index is 12.2. The summed E-state index contributed by atoms with van der Waals surface area (Å²) in [6.45, 7) is 5.05. The monoisotopic (exact) mass is 358 g/mol. The van der Waals surface area contributed by atoms with Crippen LogP contribution in [0.4, 0.5) is 0 Å². The lowest BCUT2D eigenvalue weighted by atomic mass is 10.1. The van der Waals surface area contributed by atoms with Crippen LogP contribution >= 0.6 is 0 Å². The van der Waals surface area contributed by atoms with Gasteiger partial charge in [-0.1, -0.05) is 36.8 Å². The van der Waals surface area contributed by atoms with Gasteiger partial charge in [0.1, 0.15) is 0 Å². The third-order valence-corrected chi connectivity index (χ3v) is 4.45. The molecule has 26 heavy (non-hydrogen) atoms.